The number of nitrogens with two attached hydrogens (primary N) is 1. The van der Waals surface area contributed by atoms with Gasteiger partial charge in [-0.3, -0.25) is 14.4 Å². The van der Waals surface area contributed by atoms with E-state index in [0.717, 1.165) is 11.0 Å². The Balaban J connectivity index is 1.50. The van der Waals surface area contributed by atoms with E-state index in [4.69, 9.17) is 10.5 Å². The van der Waals surface area contributed by atoms with Gasteiger partial charge in [0.15, 0.2) is 11.6 Å². The minimum atomic E-state index is -0.979. The van der Waals surface area contributed by atoms with Crippen LogP contribution in [0.3, 0.4) is 0 Å². The molecule has 6 rings (SSSR count). The lowest BCUT2D eigenvalue weighted by Crippen LogP contribution is -2.31. The molecule has 40 heavy (non-hydrogen) atoms. The van der Waals surface area contributed by atoms with Crippen LogP contribution in [0.2, 0.25) is 0 Å². The van der Waals surface area contributed by atoms with E-state index in [0.29, 0.717) is 16.5 Å². The average molecular weight is 539 g/mol. The fourth-order valence-corrected chi connectivity index (χ4v) is 4.70. The van der Waals surface area contributed by atoms with Crippen LogP contribution in [0.15, 0.2) is 79.1 Å². The van der Waals surface area contributed by atoms with E-state index in [2.05, 4.69) is 10.1 Å². The standard InChI is InChI=1S/C29H19F2N5O4/c1-15(20-13-21(26(32)37)22(31)14-24(20)35-10-4-9-33-35)40-25-12-16-11-17(30)7-8-23(16)34-27(25)36-28(38)18-5-2-3-6-19(18)29(36)39/h2-15H,1H3,(H2,32,37)/t15-/m0/s1. The molecule has 3 aromatic carbocycles. The maximum Gasteiger partial charge on any atom is 0.267 e. The zero-order chi connectivity index (χ0) is 28.1. The van der Waals surface area contributed by atoms with Gasteiger partial charge in [-0.05, 0) is 55.5 Å². The van der Waals surface area contributed by atoms with Crippen LogP contribution in [-0.4, -0.2) is 32.5 Å². The molecular weight excluding hydrogens is 520 g/mol. The summed E-state index contributed by atoms with van der Waals surface area (Å²) in [6.45, 7) is 1.62. The third-order valence-corrected chi connectivity index (χ3v) is 6.60. The molecule has 0 unspecified atom stereocenters. The van der Waals surface area contributed by atoms with Crippen LogP contribution in [0.1, 0.15) is 49.7 Å². The summed E-state index contributed by atoms with van der Waals surface area (Å²) in [6.07, 6.45) is 2.16. The number of carbonyl (C=O) groups is 3. The number of ether oxygens (including phenoxy) is 1. The summed E-state index contributed by atoms with van der Waals surface area (Å²) in [6, 6.07) is 15.7. The third-order valence-electron chi connectivity index (χ3n) is 6.60. The summed E-state index contributed by atoms with van der Waals surface area (Å²) in [5.74, 6) is -3.65. The van der Waals surface area contributed by atoms with Crippen LogP contribution >= 0.6 is 0 Å². The molecule has 0 saturated heterocycles. The summed E-state index contributed by atoms with van der Waals surface area (Å²) in [7, 11) is 0. The molecule has 2 N–H and O–H groups in total. The lowest BCUT2D eigenvalue weighted by Gasteiger charge is -2.23. The Morgan fingerprint density at radius 1 is 0.975 bits per heavy atom. The fourth-order valence-electron chi connectivity index (χ4n) is 4.70. The molecule has 0 radical (unpaired) electrons. The van der Waals surface area contributed by atoms with Crippen molar-refractivity contribution in [1.82, 2.24) is 14.8 Å². The Labute approximate surface area is 225 Å². The number of imide groups is 1. The molecule has 3 amide bonds. The predicted octanol–water partition coefficient (Wildman–Crippen LogP) is 4.74. The number of carbonyl (C=O) groups excluding carboxylic acids is 3. The van der Waals surface area contributed by atoms with Gasteiger partial charge >= 0.3 is 0 Å². The summed E-state index contributed by atoms with van der Waals surface area (Å²) >= 11 is 0. The van der Waals surface area contributed by atoms with Gasteiger partial charge in [0.25, 0.3) is 17.7 Å². The van der Waals surface area contributed by atoms with Gasteiger partial charge in [0, 0.05) is 29.4 Å². The van der Waals surface area contributed by atoms with E-state index in [1.54, 1.807) is 31.3 Å². The van der Waals surface area contributed by atoms with Crippen molar-refractivity contribution in [2.75, 3.05) is 4.90 Å². The largest absolute Gasteiger partial charge is 0.482 e. The first-order chi connectivity index (χ1) is 19.2. The van der Waals surface area contributed by atoms with E-state index in [9.17, 15) is 23.2 Å². The lowest BCUT2D eigenvalue weighted by molar-refractivity contribution is 0.0920. The Hall–Kier alpha value is -5.45. The molecular formula is C29H19F2N5O4. The molecule has 0 fully saturated rings. The Morgan fingerprint density at radius 2 is 1.70 bits per heavy atom. The molecule has 1 aliphatic heterocycles. The monoisotopic (exact) mass is 539 g/mol. The minimum absolute atomic E-state index is 0.0172. The number of pyridine rings is 1. The average Bonchev–Trinajstić information content (AvgIpc) is 3.55. The van der Waals surface area contributed by atoms with Crippen molar-refractivity contribution >= 4 is 34.4 Å². The highest BCUT2D eigenvalue weighted by atomic mass is 19.1. The van der Waals surface area contributed by atoms with Crippen LogP contribution in [0.5, 0.6) is 5.75 Å². The quantitative estimate of drug-likeness (QED) is 0.311. The molecule has 11 heteroatoms. The zero-order valence-corrected chi connectivity index (χ0v) is 20.8. The molecule has 3 heterocycles. The van der Waals surface area contributed by atoms with Crippen LogP contribution in [0.4, 0.5) is 14.6 Å². The van der Waals surface area contributed by atoms with Gasteiger partial charge in [-0.15, -0.1) is 0 Å². The van der Waals surface area contributed by atoms with Gasteiger partial charge in [-0.2, -0.15) is 5.10 Å². The van der Waals surface area contributed by atoms with E-state index in [1.807, 2.05) is 0 Å². The van der Waals surface area contributed by atoms with Gasteiger partial charge in [-0.1, -0.05) is 12.1 Å². The molecule has 0 aliphatic carbocycles. The number of aromatic nitrogens is 3. The summed E-state index contributed by atoms with van der Waals surface area (Å²) in [4.78, 5) is 44.0. The van der Waals surface area contributed by atoms with Crippen molar-refractivity contribution in [3.63, 3.8) is 0 Å². The molecule has 0 spiro atoms. The molecule has 1 atom stereocenters. The Morgan fingerprint density at radius 3 is 2.35 bits per heavy atom. The summed E-state index contributed by atoms with van der Waals surface area (Å²) in [5.41, 5.74) is 6.36. The van der Waals surface area contributed by atoms with Crippen molar-refractivity contribution in [2.24, 2.45) is 5.73 Å². The molecule has 0 bridgehead atoms. The van der Waals surface area contributed by atoms with Gasteiger partial charge in [0.2, 0.25) is 0 Å². The molecule has 198 valence electrons. The van der Waals surface area contributed by atoms with Crippen LogP contribution in [0.25, 0.3) is 16.6 Å². The second-order valence-electron chi connectivity index (χ2n) is 9.10. The van der Waals surface area contributed by atoms with E-state index < -0.39 is 35.5 Å². The van der Waals surface area contributed by atoms with Gasteiger partial charge < -0.3 is 10.5 Å². The number of nitrogens with zero attached hydrogens (tertiary/aromatic N) is 4. The molecule has 9 nitrogen and oxygen atoms in total. The van der Waals surface area contributed by atoms with Crippen molar-refractivity contribution < 1.29 is 27.9 Å². The fraction of sp³-hybridized carbons (Fsp3) is 0.0690. The molecule has 2 aromatic heterocycles. The number of fused-ring (bicyclic) bond motifs is 2. The highest BCUT2D eigenvalue weighted by Gasteiger charge is 2.39. The van der Waals surface area contributed by atoms with E-state index in [-0.39, 0.29) is 33.9 Å². The van der Waals surface area contributed by atoms with Crippen molar-refractivity contribution in [3.8, 4) is 11.4 Å². The van der Waals surface area contributed by atoms with Crippen molar-refractivity contribution in [1.29, 1.82) is 0 Å². The Kier molecular flexibility index (Phi) is 5.83. The maximum atomic E-state index is 14.8. The van der Waals surface area contributed by atoms with E-state index >= 15 is 0 Å². The first kappa shape index (κ1) is 24.9. The highest BCUT2D eigenvalue weighted by Crippen LogP contribution is 2.39. The highest BCUT2D eigenvalue weighted by molar-refractivity contribution is 6.34. The minimum Gasteiger partial charge on any atom is -0.482 e. The number of hydrogen-bond acceptors (Lipinski definition) is 6. The smallest absolute Gasteiger partial charge is 0.267 e. The summed E-state index contributed by atoms with van der Waals surface area (Å²) < 4.78 is 36.5. The number of primary amides is 1. The number of benzene rings is 3. The molecule has 0 saturated carbocycles. The number of halogens is 2. The van der Waals surface area contributed by atoms with Crippen LogP contribution in [0, 0.1) is 11.6 Å². The predicted molar refractivity (Wildman–Crippen MR) is 140 cm³/mol. The van der Waals surface area contributed by atoms with Crippen molar-refractivity contribution in [3.05, 3.63) is 113 Å². The second kappa shape index (κ2) is 9.38. The molecule has 5 aromatic rings. The normalized spacial score (nSPS) is 13.5. The van der Waals surface area contributed by atoms with Gasteiger partial charge in [-0.25, -0.2) is 23.3 Å². The SMILES string of the molecule is C[C@H](Oc1cc2cc(F)ccc2nc1N1C(=O)c2ccccc2C1=O)c1cc(C(N)=O)c(F)cc1-n1cccn1. The maximum absolute atomic E-state index is 14.8. The molecule has 1 aliphatic rings. The third kappa shape index (κ3) is 4.04. The van der Waals surface area contributed by atoms with E-state index in [1.165, 1.54) is 53.3 Å². The van der Waals surface area contributed by atoms with Crippen LogP contribution in [-0.2, 0) is 0 Å². The second-order valence-corrected chi connectivity index (χ2v) is 9.10. The van der Waals surface area contributed by atoms with Gasteiger partial charge in [0.1, 0.15) is 17.7 Å². The lowest BCUT2D eigenvalue weighted by atomic mass is 10.0. The number of rotatable bonds is 6. The summed E-state index contributed by atoms with van der Waals surface area (Å²) in [5, 5.41) is 4.51. The van der Waals surface area contributed by atoms with Crippen LogP contribution < -0.4 is 15.4 Å². The number of amides is 3. The van der Waals surface area contributed by atoms with Gasteiger partial charge in [0.05, 0.1) is 27.9 Å². The topological polar surface area (TPSA) is 120 Å². The number of hydrogen-bond donors (Lipinski definition) is 1. The zero-order valence-electron chi connectivity index (χ0n) is 20.8. The Bertz CT molecular complexity index is 1820. The first-order valence-corrected chi connectivity index (χ1v) is 12.1. The first-order valence-electron chi connectivity index (χ1n) is 12.1. The van der Waals surface area contributed by atoms with Crippen molar-refractivity contribution in [2.45, 2.75) is 13.0 Å². The number of anilines is 1.